The van der Waals surface area contributed by atoms with Gasteiger partial charge >= 0.3 is 0 Å². The van der Waals surface area contributed by atoms with E-state index in [9.17, 15) is 8.42 Å². The Hall–Kier alpha value is -1.64. The number of rotatable bonds is 5. The van der Waals surface area contributed by atoms with Crippen molar-refractivity contribution in [3.8, 4) is 0 Å². The summed E-state index contributed by atoms with van der Waals surface area (Å²) in [5.74, 6) is 0. The van der Waals surface area contributed by atoms with Gasteiger partial charge in [0.25, 0.3) is 0 Å². The van der Waals surface area contributed by atoms with Crippen molar-refractivity contribution in [3.05, 3.63) is 34.3 Å². The second kappa shape index (κ2) is 6.00. The van der Waals surface area contributed by atoms with Gasteiger partial charge < -0.3 is 11.1 Å². The Labute approximate surface area is 128 Å². The first-order chi connectivity index (χ1) is 9.80. The number of nitrogens with two attached hydrogens (primary N) is 1. The highest BCUT2D eigenvalue weighted by Gasteiger charge is 2.18. The minimum atomic E-state index is -3.46. The highest BCUT2D eigenvalue weighted by atomic mass is 32.2. The summed E-state index contributed by atoms with van der Waals surface area (Å²) in [7, 11) is -0.483. The van der Waals surface area contributed by atoms with Crippen molar-refractivity contribution in [2.24, 2.45) is 0 Å². The maximum absolute atomic E-state index is 12.0. The number of nitrogen functional groups attached to an aromatic ring is 1. The summed E-state index contributed by atoms with van der Waals surface area (Å²) >= 11 is 1.61. The van der Waals surface area contributed by atoms with Crippen molar-refractivity contribution >= 4 is 32.7 Å². The summed E-state index contributed by atoms with van der Waals surface area (Å²) in [6.07, 6.45) is 1.81. The SMILES string of the molecule is Cc1ncc(CNc2ccc(S(=O)(=O)N(C)C)cc2N)s1. The second-order valence-corrected chi connectivity index (χ2v) is 8.21. The van der Waals surface area contributed by atoms with Gasteiger partial charge in [-0.2, -0.15) is 0 Å². The fraction of sp³-hybridized carbons (Fsp3) is 0.308. The van der Waals surface area contributed by atoms with Gasteiger partial charge in [0, 0.05) is 25.2 Å². The van der Waals surface area contributed by atoms with Crippen LogP contribution in [0.1, 0.15) is 9.88 Å². The third kappa shape index (κ3) is 3.52. The van der Waals surface area contributed by atoms with Gasteiger partial charge in [0.1, 0.15) is 0 Å². The highest BCUT2D eigenvalue weighted by molar-refractivity contribution is 7.89. The molecule has 1 aromatic carbocycles. The number of hydrogen-bond donors (Lipinski definition) is 2. The molecule has 0 saturated heterocycles. The Bertz CT molecular complexity index is 738. The fourth-order valence-electron chi connectivity index (χ4n) is 1.74. The van der Waals surface area contributed by atoms with Gasteiger partial charge in [-0.25, -0.2) is 17.7 Å². The Morgan fingerprint density at radius 2 is 2.10 bits per heavy atom. The molecule has 1 heterocycles. The molecular formula is C13H18N4O2S2. The van der Waals surface area contributed by atoms with Crippen LogP contribution in [-0.4, -0.2) is 31.8 Å². The Kier molecular flexibility index (Phi) is 4.50. The lowest BCUT2D eigenvalue weighted by Gasteiger charge is -2.14. The van der Waals surface area contributed by atoms with E-state index in [2.05, 4.69) is 10.3 Å². The molecule has 0 unspecified atom stereocenters. The van der Waals surface area contributed by atoms with Crippen LogP contribution in [0, 0.1) is 6.92 Å². The maximum Gasteiger partial charge on any atom is 0.242 e. The van der Waals surface area contributed by atoms with E-state index in [1.165, 1.54) is 20.2 Å². The van der Waals surface area contributed by atoms with Gasteiger partial charge in [-0.15, -0.1) is 11.3 Å². The van der Waals surface area contributed by atoms with Crippen molar-refractivity contribution in [2.75, 3.05) is 25.1 Å². The smallest absolute Gasteiger partial charge is 0.242 e. The van der Waals surface area contributed by atoms with Crippen molar-refractivity contribution in [3.63, 3.8) is 0 Å². The zero-order valence-corrected chi connectivity index (χ0v) is 13.8. The molecule has 6 nitrogen and oxygen atoms in total. The van der Waals surface area contributed by atoms with E-state index in [1.807, 2.05) is 13.1 Å². The number of nitrogens with one attached hydrogen (secondary N) is 1. The van der Waals surface area contributed by atoms with Crippen LogP contribution in [0.5, 0.6) is 0 Å². The average molecular weight is 326 g/mol. The third-order valence-electron chi connectivity index (χ3n) is 2.92. The van der Waals surface area contributed by atoms with Gasteiger partial charge in [0.15, 0.2) is 0 Å². The van der Waals surface area contributed by atoms with Crippen LogP contribution >= 0.6 is 11.3 Å². The molecule has 0 bridgehead atoms. The monoisotopic (exact) mass is 326 g/mol. The molecule has 0 atom stereocenters. The molecule has 0 radical (unpaired) electrons. The minimum absolute atomic E-state index is 0.184. The summed E-state index contributed by atoms with van der Waals surface area (Å²) in [6.45, 7) is 2.55. The number of anilines is 2. The van der Waals surface area contributed by atoms with Gasteiger partial charge in [-0.3, -0.25) is 0 Å². The number of nitrogens with zero attached hydrogens (tertiary/aromatic N) is 2. The molecule has 0 amide bonds. The maximum atomic E-state index is 12.0. The predicted octanol–water partition coefficient (Wildman–Crippen LogP) is 1.90. The van der Waals surface area contributed by atoms with Gasteiger partial charge in [-0.05, 0) is 25.1 Å². The first-order valence-electron chi connectivity index (χ1n) is 6.28. The van der Waals surface area contributed by atoms with Crippen molar-refractivity contribution in [2.45, 2.75) is 18.4 Å². The molecule has 2 aromatic rings. The van der Waals surface area contributed by atoms with Crippen molar-refractivity contribution in [1.29, 1.82) is 0 Å². The number of thiazole rings is 1. The molecule has 114 valence electrons. The van der Waals surface area contributed by atoms with E-state index < -0.39 is 10.0 Å². The van der Waals surface area contributed by atoms with Gasteiger partial charge in [0.2, 0.25) is 10.0 Å². The molecule has 0 aliphatic carbocycles. The molecule has 3 N–H and O–H groups in total. The summed E-state index contributed by atoms with van der Waals surface area (Å²) in [4.78, 5) is 5.46. The van der Waals surface area contributed by atoms with E-state index >= 15 is 0 Å². The van der Waals surface area contributed by atoms with Crippen LogP contribution in [0.3, 0.4) is 0 Å². The van der Waals surface area contributed by atoms with Crippen LogP contribution in [0.4, 0.5) is 11.4 Å². The van der Waals surface area contributed by atoms with Crippen LogP contribution < -0.4 is 11.1 Å². The number of sulfonamides is 1. The molecule has 0 saturated carbocycles. The molecular weight excluding hydrogens is 308 g/mol. The molecule has 1 aromatic heterocycles. The van der Waals surface area contributed by atoms with E-state index in [4.69, 9.17) is 5.73 Å². The fourth-order valence-corrected chi connectivity index (χ4v) is 3.41. The number of hydrogen-bond acceptors (Lipinski definition) is 6. The quantitative estimate of drug-likeness (QED) is 0.819. The summed E-state index contributed by atoms with van der Waals surface area (Å²) < 4.78 is 25.2. The number of benzene rings is 1. The number of aromatic nitrogens is 1. The average Bonchev–Trinajstić information content (AvgIpc) is 2.82. The normalized spacial score (nSPS) is 11.8. The van der Waals surface area contributed by atoms with E-state index in [0.29, 0.717) is 17.9 Å². The van der Waals surface area contributed by atoms with Crippen LogP contribution in [0.25, 0.3) is 0 Å². The Morgan fingerprint density at radius 3 is 2.62 bits per heavy atom. The highest BCUT2D eigenvalue weighted by Crippen LogP contribution is 2.25. The summed E-state index contributed by atoms with van der Waals surface area (Å²) in [5, 5.41) is 4.19. The summed E-state index contributed by atoms with van der Waals surface area (Å²) in [6, 6.07) is 4.70. The molecule has 0 aliphatic rings. The van der Waals surface area contributed by atoms with Gasteiger partial charge in [0.05, 0.1) is 27.8 Å². The molecule has 8 heteroatoms. The van der Waals surface area contributed by atoms with E-state index in [-0.39, 0.29) is 4.90 Å². The largest absolute Gasteiger partial charge is 0.397 e. The van der Waals surface area contributed by atoms with E-state index in [1.54, 1.807) is 23.5 Å². The van der Waals surface area contributed by atoms with Crippen LogP contribution in [-0.2, 0) is 16.6 Å². The summed E-state index contributed by atoms with van der Waals surface area (Å²) in [5.41, 5.74) is 7.04. The van der Waals surface area contributed by atoms with E-state index in [0.717, 1.165) is 14.2 Å². The molecule has 0 spiro atoms. The van der Waals surface area contributed by atoms with Gasteiger partial charge in [-0.1, -0.05) is 0 Å². The zero-order chi connectivity index (χ0) is 15.6. The molecule has 21 heavy (non-hydrogen) atoms. The predicted molar refractivity (Wildman–Crippen MR) is 85.9 cm³/mol. The molecule has 0 fully saturated rings. The topological polar surface area (TPSA) is 88.3 Å². The minimum Gasteiger partial charge on any atom is -0.397 e. The molecule has 0 aliphatic heterocycles. The Morgan fingerprint density at radius 1 is 1.38 bits per heavy atom. The standard InChI is InChI=1S/C13H18N4O2S2/c1-9-15-7-10(20-9)8-16-13-5-4-11(6-12(13)14)21(18,19)17(2)3/h4-7,16H,8,14H2,1-3H3. The van der Waals surface area contributed by atoms with Crippen LogP contribution in [0.2, 0.25) is 0 Å². The second-order valence-electron chi connectivity index (χ2n) is 4.74. The lowest BCUT2D eigenvalue weighted by Crippen LogP contribution is -2.22. The van der Waals surface area contributed by atoms with Crippen molar-refractivity contribution in [1.82, 2.24) is 9.29 Å². The Balaban J connectivity index is 2.16. The lowest BCUT2D eigenvalue weighted by molar-refractivity contribution is 0.521. The molecule has 2 rings (SSSR count). The third-order valence-corrected chi connectivity index (χ3v) is 5.65. The first kappa shape index (κ1) is 15.7. The lowest BCUT2D eigenvalue weighted by atomic mass is 10.2. The zero-order valence-electron chi connectivity index (χ0n) is 12.1. The van der Waals surface area contributed by atoms with Crippen LogP contribution in [0.15, 0.2) is 29.3 Å². The first-order valence-corrected chi connectivity index (χ1v) is 8.53. The van der Waals surface area contributed by atoms with Crippen molar-refractivity contribution < 1.29 is 8.42 Å². The number of aryl methyl sites for hydroxylation is 1.